The van der Waals surface area contributed by atoms with Gasteiger partial charge in [-0.1, -0.05) is 43.4 Å². The van der Waals surface area contributed by atoms with E-state index >= 15 is 0 Å². The Labute approximate surface area is 91.3 Å². The molecule has 3 heteroatoms. The van der Waals surface area contributed by atoms with Crippen LogP contribution in [0.5, 0.6) is 0 Å². The average molecular weight is 221 g/mol. The summed E-state index contributed by atoms with van der Waals surface area (Å²) in [7, 11) is -1.19. The van der Waals surface area contributed by atoms with Crippen molar-refractivity contribution < 1.29 is 0 Å². The van der Waals surface area contributed by atoms with Crippen LogP contribution < -0.4 is 0 Å². The lowest BCUT2D eigenvalue weighted by molar-refractivity contribution is 1.14. The number of hydrogen-bond acceptors (Lipinski definition) is 2. The number of nitrogens with zero attached hydrogens (tertiary/aromatic N) is 1. The minimum Gasteiger partial charge on any atom is -0.250 e. The van der Waals surface area contributed by atoms with Gasteiger partial charge in [-0.05, 0) is 12.1 Å². The van der Waals surface area contributed by atoms with Crippen molar-refractivity contribution in [2.75, 3.05) is 5.75 Å². The molecule has 0 atom stereocenters. The SMILES string of the molecule is C[Si](C)(C)C#CCSc1ccccn1. The van der Waals surface area contributed by atoms with Crippen LogP contribution in [-0.4, -0.2) is 18.8 Å². The van der Waals surface area contributed by atoms with E-state index in [0.717, 1.165) is 10.8 Å². The fraction of sp³-hybridized carbons (Fsp3) is 0.364. The Hall–Kier alpha value is -0.723. The van der Waals surface area contributed by atoms with E-state index in [1.54, 1.807) is 11.8 Å². The van der Waals surface area contributed by atoms with Crippen molar-refractivity contribution in [1.29, 1.82) is 0 Å². The van der Waals surface area contributed by atoms with Gasteiger partial charge in [-0.15, -0.1) is 5.54 Å². The van der Waals surface area contributed by atoms with Gasteiger partial charge < -0.3 is 0 Å². The van der Waals surface area contributed by atoms with E-state index in [0.29, 0.717) is 0 Å². The fourth-order valence-corrected chi connectivity index (χ4v) is 2.19. The molecule has 0 saturated carbocycles. The molecule has 0 N–H and O–H groups in total. The minimum absolute atomic E-state index is 0.848. The molecule has 0 radical (unpaired) electrons. The summed E-state index contributed by atoms with van der Waals surface area (Å²) in [6.07, 6.45) is 1.81. The second kappa shape index (κ2) is 5.23. The molecule has 1 heterocycles. The van der Waals surface area contributed by atoms with Gasteiger partial charge in [0.05, 0.1) is 10.8 Å². The molecule has 74 valence electrons. The molecular weight excluding hydrogens is 206 g/mol. The third kappa shape index (κ3) is 5.10. The molecule has 0 aliphatic heterocycles. The van der Waals surface area contributed by atoms with Gasteiger partial charge in [-0.3, -0.25) is 0 Å². The van der Waals surface area contributed by atoms with E-state index in [9.17, 15) is 0 Å². The first-order valence-corrected chi connectivity index (χ1v) is 9.10. The van der Waals surface area contributed by atoms with Gasteiger partial charge in [0.2, 0.25) is 0 Å². The van der Waals surface area contributed by atoms with Crippen LogP contribution in [0.1, 0.15) is 0 Å². The van der Waals surface area contributed by atoms with Crippen molar-refractivity contribution in [2.45, 2.75) is 24.7 Å². The third-order valence-electron chi connectivity index (χ3n) is 1.39. The van der Waals surface area contributed by atoms with E-state index in [4.69, 9.17) is 0 Å². The fourth-order valence-electron chi connectivity index (χ4n) is 0.844. The molecule has 1 rings (SSSR count). The summed E-state index contributed by atoms with van der Waals surface area (Å²) in [5.74, 6) is 4.06. The number of rotatable bonds is 2. The van der Waals surface area contributed by atoms with Crippen molar-refractivity contribution in [3.8, 4) is 11.5 Å². The molecule has 0 fully saturated rings. The topological polar surface area (TPSA) is 12.9 Å². The molecule has 0 amide bonds. The summed E-state index contributed by atoms with van der Waals surface area (Å²) in [5.41, 5.74) is 3.33. The maximum Gasteiger partial charge on any atom is 0.129 e. The second-order valence-electron chi connectivity index (χ2n) is 4.01. The maximum absolute atomic E-state index is 4.22. The molecule has 1 aromatic rings. The van der Waals surface area contributed by atoms with Crippen molar-refractivity contribution in [3.05, 3.63) is 24.4 Å². The number of hydrogen-bond donors (Lipinski definition) is 0. The second-order valence-corrected chi connectivity index (χ2v) is 9.75. The molecular formula is C11H15NSSi. The molecule has 0 saturated heterocycles. The van der Waals surface area contributed by atoms with Gasteiger partial charge >= 0.3 is 0 Å². The van der Waals surface area contributed by atoms with Gasteiger partial charge in [-0.25, -0.2) is 4.98 Å². The lowest BCUT2D eigenvalue weighted by Crippen LogP contribution is -2.16. The highest BCUT2D eigenvalue weighted by Crippen LogP contribution is 2.12. The van der Waals surface area contributed by atoms with Crippen LogP contribution in [0.3, 0.4) is 0 Å². The molecule has 0 aromatic carbocycles. The maximum atomic E-state index is 4.22. The summed E-state index contributed by atoms with van der Waals surface area (Å²) in [4.78, 5) is 4.22. The Bertz CT molecular complexity index is 332. The minimum atomic E-state index is -1.19. The van der Waals surface area contributed by atoms with Crippen LogP contribution in [-0.2, 0) is 0 Å². The molecule has 0 bridgehead atoms. The monoisotopic (exact) mass is 221 g/mol. The highest BCUT2D eigenvalue weighted by atomic mass is 32.2. The normalized spacial score (nSPS) is 10.5. The van der Waals surface area contributed by atoms with Crippen LogP contribution in [0.15, 0.2) is 29.4 Å². The Morgan fingerprint density at radius 3 is 2.71 bits per heavy atom. The molecule has 0 aliphatic rings. The van der Waals surface area contributed by atoms with E-state index in [2.05, 4.69) is 36.1 Å². The zero-order valence-corrected chi connectivity index (χ0v) is 10.7. The van der Waals surface area contributed by atoms with Crippen LogP contribution >= 0.6 is 11.8 Å². The lowest BCUT2D eigenvalue weighted by atomic mass is 10.5. The molecule has 1 aromatic heterocycles. The zero-order chi connectivity index (χ0) is 10.4. The smallest absolute Gasteiger partial charge is 0.129 e. The first kappa shape index (κ1) is 11.4. The summed E-state index contributed by atoms with van der Waals surface area (Å²) in [6, 6.07) is 5.94. The summed E-state index contributed by atoms with van der Waals surface area (Å²) >= 11 is 1.70. The van der Waals surface area contributed by atoms with Gasteiger partial charge in [0, 0.05) is 6.20 Å². The van der Waals surface area contributed by atoms with Gasteiger partial charge in [0.15, 0.2) is 0 Å². The Morgan fingerprint density at radius 1 is 1.36 bits per heavy atom. The van der Waals surface area contributed by atoms with Crippen LogP contribution in [0.4, 0.5) is 0 Å². The summed E-state index contributed by atoms with van der Waals surface area (Å²) in [5, 5.41) is 1.05. The van der Waals surface area contributed by atoms with Crippen molar-refractivity contribution in [3.63, 3.8) is 0 Å². The predicted octanol–water partition coefficient (Wildman–Crippen LogP) is 3.05. The van der Waals surface area contributed by atoms with Gasteiger partial charge in [0.1, 0.15) is 8.07 Å². The van der Waals surface area contributed by atoms with Gasteiger partial charge in [0.25, 0.3) is 0 Å². The van der Waals surface area contributed by atoms with E-state index in [1.807, 2.05) is 24.4 Å². The van der Waals surface area contributed by atoms with E-state index < -0.39 is 8.07 Å². The van der Waals surface area contributed by atoms with Crippen molar-refractivity contribution in [1.82, 2.24) is 4.98 Å². The highest BCUT2D eigenvalue weighted by molar-refractivity contribution is 7.99. The molecule has 0 spiro atoms. The first-order valence-electron chi connectivity index (χ1n) is 4.62. The Morgan fingerprint density at radius 2 is 2.14 bits per heavy atom. The largest absolute Gasteiger partial charge is 0.250 e. The molecule has 14 heavy (non-hydrogen) atoms. The summed E-state index contributed by atoms with van der Waals surface area (Å²) in [6.45, 7) is 6.77. The first-order chi connectivity index (χ1) is 6.58. The van der Waals surface area contributed by atoms with E-state index in [-0.39, 0.29) is 0 Å². The van der Waals surface area contributed by atoms with Crippen LogP contribution in [0.2, 0.25) is 19.6 Å². The zero-order valence-electron chi connectivity index (χ0n) is 8.87. The predicted molar refractivity (Wildman–Crippen MR) is 66.1 cm³/mol. The van der Waals surface area contributed by atoms with Crippen LogP contribution in [0, 0.1) is 11.5 Å². The molecule has 1 nitrogen and oxygen atoms in total. The van der Waals surface area contributed by atoms with Crippen molar-refractivity contribution in [2.24, 2.45) is 0 Å². The number of thioether (sulfide) groups is 1. The third-order valence-corrected chi connectivity index (χ3v) is 3.15. The molecule has 0 unspecified atom stereocenters. The average Bonchev–Trinajstić information content (AvgIpc) is 2.13. The van der Waals surface area contributed by atoms with Gasteiger partial charge in [-0.2, -0.15) is 0 Å². The molecule has 0 aliphatic carbocycles. The number of pyridine rings is 1. The Balaban J connectivity index is 2.39. The standard InChI is InChI=1S/C11H15NSSi/c1-14(2,3)10-6-9-13-11-7-4-5-8-12-11/h4-5,7-8H,9H2,1-3H3. The Kier molecular flexibility index (Phi) is 4.24. The van der Waals surface area contributed by atoms with Crippen molar-refractivity contribution >= 4 is 19.8 Å². The number of aromatic nitrogens is 1. The van der Waals surface area contributed by atoms with E-state index in [1.165, 1.54) is 0 Å². The van der Waals surface area contributed by atoms with Crippen LogP contribution in [0.25, 0.3) is 0 Å². The highest BCUT2D eigenvalue weighted by Gasteiger charge is 2.06. The quantitative estimate of drug-likeness (QED) is 0.432. The summed E-state index contributed by atoms with van der Waals surface area (Å²) < 4.78 is 0. The lowest BCUT2D eigenvalue weighted by Gasteiger charge is -2.03.